The first kappa shape index (κ1) is 15.9. The van der Waals surface area contributed by atoms with Crippen molar-refractivity contribution in [2.75, 3.05) is 19.6 Å². The van der Waals surface area contributed by atoms with Crippen molar-refractivity contribution < 1.29 is 9.53 Å². The number of hydrogen-bond acceptors (Lipinski definition) is 3. The molecule has 0 aliphatic rings. The highest BCUT2D eigenvalue weighted by Crippen LogP contribution is 2.10. The minimum absolute atomic E-state index is 0.113. The van der Waals surface area contributed by atoms with Crippen molar-refractivity contribution in [3.05, 3.63) is 11.4 Å². The van der Waals surface area contributed by atoms with Crippen LogP contribution in [0.15, 0.2) is 0 Å². The highest BCUT2D eigenvalue weighted by molar-refractivity contribution is 5.69. The average molecular weight is 240 g/mol. The first-order valence-corrected chi connectivity index (χ1v) is 6.21. The second-order valence-electron chi connectivity index (χ2n) is 5.03. The number of carbonyl (C=O) groups is 1. The second-order valence-corrected chi connectivity index (χ2v) is 5.03. The van der Waals surface area contributed by atoms with Crippen LogP contribution in [-0.2, 0) is 9.53 Å². The fraction of sp³-hybridized carbons (Fsp3) is 0.846. The largest absolute Gasteiger partial charge is 0.460 e. The molecule has 0 atom stereocenters. The molecule has 4 nitrogen and oxygen atoms in total. The molecular formula is C13H24N2O2. The summed E-state index contributed by atoms with van der Waals surface area (Å²) in [6, 6.07) is 0. The highest BCUT2D eigenvalue weighted by atomic mass is 16.6. The van der Waals surface area contributed by atoms with Crippen LogP contribution in [0.4, 0.5) is 0 Å². The van der Waals surface area contributed by atoms with Gasteiger partial charge in [0.15, 0.2) is 0 Å². The highest BCUT2D eigenvalue weighted by Gasteiger charge is 2.15. The predicted molar refractivity (Wildman–Crippen MR) is 68.7 cm³/mol. The summed E-state index contributed by atoms with van der Waals surface area (Å²) in [5.41, 5.74) is -0.377. The molecule has 1 N–H and O–H groups in total. The van der Waals surface area contributed by atoms with Gasteiger partial charge >= 0.3 is 5.97 Å². The SMILES string of the molecule is [C-]#[N+]CCNCCCCCC(=O)OC(C)(C)C. The maximum Gasteiger partial charge on any atom is 0.306 e. The standard InChI is InChI=1S/C13H24N2O2/c1-13(2,3)17-12(16)8-6-5-7-9-15-11-10-14-4/h15H,5-11H2,1-3H3. The molecule has 0 unspecified atom stereocenters. The lowest BCUT2D eigenvalue weighted by Gasteiger charge is -2.19. The van der Waals surface area contributed by atoms with E-state index in [-0.39, 0.29) is 11.6 Å². The van der Waals surface area contributed by atoms with Gasteiger partial charge < -0.3 is 14.9 Å². The molecule has 0 amide bonds. The van der Waals surface area contributed by atoms with Crippen LogP contribution in [0.3, 0.4) is 0 Å². The Balaban J connectivity index is 3.29. The quantitative estimate of drug-likeness (QED) is 0.402. The third kappa shape index (κ3) is 12.9. The molecule has 0 aromatic carbocycles. The van der Waals surface area contributed by atoms with Gasteiger partial charge in [-0.2, -0.15) is 0 Å². The van der Waals surface area contributed by atoms with Crippen LogP contribution in [0, 0.1) is 6.57 Å². The van der Waals surface area contributed by atoms with E-state index in [1.165, 1.54) is 0 Å². The Hall–Kier alpha value is -1.08. The van der Waals surface area contributed by atoms with Crippen LogP contribution in [0.5, 0.6) is 0 Å². The fourth-order valence-corrected chi connectivity index (χ4v) is 1.35. The molecule has 0 saturated carbocycles. The van der Waals surface area contributed by atoms with Crippen molar-refractivity contribution in [3.8, 4) is 0 Å². The number of unbranched alkanes of at least 4 members (excludes halogenated alkanes) is 2. The summed E-state index contributed by atoms with van der Waals surface area (Å²) >= 11 is 0. The van der Waals surface area contributed by atoms with E-state index in [0.717, 1.165) is 32.4 Å². The Morgan fingerprint density at radius 1 is 1.24 bits per heavy atom. The van der Waals surface area contributed by atoms with E-state index in [0.29, 0.717) is 13.0 Å². The van der Waals surface area contributed by atoms with Crippen LogP contribution in [0.25, 0.3) is 4.85 Å². The molecule has 17 heavy (non-hydrogen) atoms. The van der Waals surface area contributed by atoms with E-state index in [4.69, 9.17) is 11.3 Å². The Bertz CT molecular complexity index is 251. The van der Waals surface area contributed by atoms with Crippen LogP contribution >= 0.6 is 0 Å². The molecule has 0 fully saturated rings. The summed E-state index contributed by atoms with van der Waals surface area (Å²) in [4.78, 5) is 14.6. The lowest BCUT2D eigenvalue weighted by molar-refractivity contribution is -0.154. The monoisotopic (exact) mass is 240 g/mol. The van der Waals surface area contributed by atoms with Gasteiger partial charge in [0, 0.05) is 6.42 Å². The zero-order chi connectivity index (χ0) is 13.1. The van der Waals surface area contributed by atoms with Gasteiger partial charge in [0.05, 0.1) is 6.54 Å². The molecule has 0 rings (SSSR count). The maximum atomic E-state index is 11.4. The van der Waals surface area contributed by atoms with E-state index in [1.807, 2.05) is 20.8 Å². The number of carbonyl (C=O) groups excluding carboxylic acids is 1. The molecule has 0 aliphatic carbocycles. The van der Waals surface area contributed by atoms with Crippen molar-refractivity contribution in [2.45, 2.75) is 52.1 Å². The smallest absolute Gasteiger partial charge is 0.306 e. The second kappa shape index (κ2) is 9.00. The summed E-state index contributed by atoms with van der Waals surface area (Å²) in [5, 5.41) is 3.18. The predicted octanol–water partition coefficient (Wildman–Crippen LogP) is 2.40. The van der Waals surface area contributed by atoms with Crippen molar-refractivity contribution in [3.63, 3.8) is 0 Å². The maximum absolute atomic E-state index is 11.4. The van der Waals surface area contributed by atoms with Gasteiger partial charge in [-0.1, -0.05) is 6.42 Å². The van der Waals surface area contributed by atoms with E-state index in [9.17, 15) is 4.79 Å². The zero-order valence-corrected chi connectivity index (χ0v) is 11.2. The molecule has 0 radical (unpaired) electrons. The first-order valence-electron chi connectivity index (χ1n) is 6.21. The molecular weight excluding hydrogens is 216 g/mol. The summed E-state index contributed by atoms with van der Waals surface area (Å²) < 4.78 is 5.21. The Labute approximate surface area is 105 Å². The van der Waals surface area contributed by atoms with Crippen molar-refractivity contribution in [1.82, 2.24) is 5.32 Å². The Kier molecular flexibility index (Phi) is 8.43. The summed E-state index contributed by atoms with van der Waals surface area (Å²) in [7, 11) is 0. The fourth-order valence-electron chi connectivity index (χ4n) is 1.35. The third-order valence-corrected chi connectivity index (χ3v) is 2.05. The number of nitrogens with zero attached hydrogens (tertiary/aromatic N) is 1. The van der Waals surface area contributed by atoms with Crippen LogP contribution in [0.2, 0.25) is 0 Å². The van der Waals surface area contributed by atoms with E-state index >= 15 is 0 Å². The van der Waals surface area contributed by atoms with Gasteiger partial charge in [0.2, 0.25) is 6.54 Å². The van der Waals surface area contributed by atoms with E-state index in [1.54, 1.807) is 0 Å². The zero-order valence-electron chi connectivity index (χ0n) is 11.2. The summed E-state index contributed by atoms with van der Waals surface area (Å²) in [6.45, 7) is 14.5. The van der Waals surface area contributed by atoms with Gasteiger partial charge in [0.25, 0.3) is 0 Å². The number of esters is 1. The molecule has 0 aromatic rings. The normalized spacial score (nSPS) is 10.9. The minimum Gasteiger partial charge on any atom is -0.460 e. The van der Waals surface area contributed by atoms with Gasteiger partial charge in [-0.15, -0.1) is 0 Å². The number of hydrogen-bond donors (Lipinski definition) is 1. The van der Waals surface area contributed by atoms with Gasteiger partial charge in [-0.3, -0.25) is 4.79 Å². The molecule has 4 heteroatoms. The van der Waals surface area contributed by atoms with Gasteiger partial charge in [-0.05, 0) is 40.2 Å². The number of rotatable bonds is 8. The molecule has 98 valence electrons. The Morgan fingerprint density at radius 2 is 1.94 bits per heavy atom. The molecule has 0 bridgehead atoms. The lowest BCUT2D eigenvalue weighted by Crippen LogP contribution is -2.23. The number of ether oxygens (including phenoxy) is 1. The van der Waals surface area contributed by atoms with Crippen molar-refractivity contribution in [1.29, 1.82) is 0 Å². The lowest BCUT2D eigenvalue weighted by atomic mass is 10.1. The Morgan fingerprint density at radius 3 is 2.53 bits per heavy atom. The van der Waals surface area contributed by atoms with Crippen molar-refractivity contribution in [2.24, 2.45) is 0 Å². The van der Waals surface area contributed by atoms with Crippen LogP contribution in [0.1, 0.15) is 46.5 Å². The first-order chi connectivity index (χ1) is 7.95. The van der Waals surface area contributed by atoms with Crippen LogP contribution < -0.4 is 5.32 Å². The molecule has 0 aromatic heterocycles. The number of nitrogens with one attached hydrogen (secondary N) is 1. The summed E-state index contributed by atoms with van der Waals surface area (Å²) in [6.07, 6.45) is 3.43. The van der Waals surface area contributed by atoms with E-state index in [2.05, 4.69) is 10.2 Å². The molecule has 0 saturated heterocycles. The molecule has 0 heterocycles. The van der Waals surface area contributed by atoms with Gasteiger partial charge in [-0.25, -0.2) is 6.57 Å². The van der Waals surface area contributed by atoms with Crippen molar-refractivity contribution >= 4 is 5.97 Å². The molecule has 0 spiro atoms. The molecule has 0 aliphatic heterocycles. The third-order valence-electron chi connectivity index (χ3n) is 2.05. The topological polar surface area (TPSA) is 42.7 Å². The average Bonchev–Trinajstić information content (AvgIpc) is 2.19. The minimum atomic E-state index is -0.377. The van der Waals surface area contributed by atoms with Gasteiger partial charge in [0.1, 0.15) is 5.60 Å². The van der Waals surface area contributed by atoms with Crippen LogP contribution in [-0.4, -0.2) is 31.2 Å². The summed E-state index contributed by atoms with van der Waals surface area (Å²) in [5.74, 6) is -0.113. The van der Waals surface area contributed by atoms with E-state index < -0.39 is 0 Å².